The van der Waals surface area contributed by atoms with Gasteiger partial charge in [-0.2, -0.15) is 0 Å². The van der Waals surface area contributed by atoms with E-state index in [1.807, 2.05) is 32.1 Å². The Morgan fingerprint density at radius 1 is 1.21 bits per heavy atom. The Bertz CT molecular complexity index is 750. The fourth-order valence-electron chi connectivity index (χ4n) is 5.91. The Labute approximate surface area is 174 Å². The lowest BCUT2D eigenvalue weighted by Crippen LogP contribution is -2.47. The third kappa shape index (κ3) is 3.81. The number of fused-ring (bicyclic) bond motifs is 1. The predicted molar refractivity (Wildman–Crippen MR) is 113 cm³/mol. The van der Waals surface area contributed by atoms with E-state index in [-0.39, 0.29) is 23.2 Å². The van der Waals surface area contributed by atoms with Gasteiger partial charge in [-0.3, -0.25) is 9.59 Å². The van der Waals surface area contributed by atoms with Crippen LogP contribution in [0.1, 0.15) is 59.8 Å². The molecule has 7 atom stereocenters. The number of nitrogens with one attached hydrogen (secondary N) is 1. The first-order chi connectivity index (χ1) is 13.7. The van der Waals surface area contributed by atoms with Crippen molar-refractivity contribution in [1.29, 1.82) is 0 Å². The summed E-state index contributed by atoms with van der Waals surface area (Å²) in [4.78, 5) is 25.5. The molecular weight excluding hydrogens is 366 g/mol. The quantitative estimate of drug-likeness (QED) is 0.289. The molecule has 3 aliphatic rings. The van der Waals surface area contributed by atoms with E-state index in [0.29, 0.717) is 11.8 Å². The first-order valence-electron chi connectivity index (χ1n) is 11.0. The van der Waals surface area contributed by atoms with Crippen molar-refractivity contribution in [3.05, 3.63) is 35.6 Å². The molecule has 1 heterocycles. The zero-order valence-corrected chi connectivity index (χ0v) is 18.0. The van der Waals surface area contributed by atoms with E-state index >= 15 is 0 Å². The molecule has 0 radical (unpaired) electrons. The molecule has 1 saturated heterocycles. The number of carbonyl (C=O) groups excluding carboxylic acids is 2. The minimum atomic E-state index is -0.996. The van der Waals surface area contributed by atoms with Crippen molar-refractivity contribution in [3.63, 3.8) is 0 Å². The number of hydrogen-bond acceptors (Lipinski definition) is 4. The number of allylic oxidation sites excluding steroid dienone is 5. The van der Waals surface area contributed by atoms with E-state index in [2.05, 4.69) is 18.3 Å². The zero-order chi connectivity index (χ0) is 21.3. The molecule has 0 aromatic carbocycles. The summed E-state index contributed by atoms with van der Waals surface area (Å²) in [5.41, 5.74) is -0.820. The van der Waals surface area contributed by atoms with E-state index in [9.17, 15) is 19.8 Å². The molecule has 0 aromatic heterocycles. The van der Waals surface area contributed by atoms with Crippen molar-refractivity contribution in [2.45, 2.75) is 71.9 Å². The van der Waals surface area contributed by atoms with Gasteiger partial charge in [0.2, 0.25) is 0 Å². The predicted octanol–water partition coefficient (Wildman–Crippen LogP) is 3.85. The molecule has 1 aliphatic heterocycles. The Morgan fingerprint density at radius 3 is 2.55 bits per heavy atom. The Hall–Kier alpha value is -1.88. The van der Waals surface area contributed by atoms with Crippen molar-refractivity contribution in [3.8, 4) is 0 Å². The van der Waals surface area contributed by atoms with E-state index in [0.717, 1.165) is 32.1 Å². The zero-order valence-electron chi connectivity index (χ0n) is 18.0. The maximum Gasteiger partial charge on any atom is 0.259 e. The summed E-state index contributed by atoms with van der Waals surface area (Å²) >= 11 is 0. The van der Waals surface area contributed by atoms with Gasteiger partial charge in [0.1, 0.15) is 17.4 Å². The average Bonchev–Trinajstić information content (AvgIpc) is 2.97. The van der Waals surface area contributed by atoms with Crippen molar-refractivity contribution >= 4 is 11.7 Å². The highest BCUT2D eigenvalue weighted by atomic mass is 16.3. The van der Waals surface area contributed by atoms with E-state index in [1.165, 1.54) is 6.92 Å². The molecule has 0 bridgehead atoms. The van der Waals surface area contributed by atoms with Crippen LogP contribution in [-0.2, 0) is 9.59 Å². The molecule has 5 nitrogen and oxygen atoms in total. The van der Waals surface area contributed by atoms with Gasteiger partial charge in [0, 0.05) is 5.41 Å². The van der Waals surface area contributed by atoms with Crippen LogP contribution in [0.25, 0.3) is 0 Å². The van der Waals surface area contributed by atoms with Crippen LogP contribution in [0.5, 0.6) is 0 Å². The van der Waals surface area contributed by atoms with Crippen LogP contribution in [0.3, 0.4) is 0 Å². The standard InChI is InChI=1S/C24H35NO4/c1-5-6-7-8-17-11-10-16-13-14(2)9-12-18(16)24(17,4)22(28)19-21(27)20(15(3)26)25-23(19)29/h5-8,14-18,20,26,28H,9-13H2,1-4H3,(H,25,29)/b6-5+,8-7+,22-19?/t14-,15?,16-,17-,18-,20+,24-/m1/s1. The van der Waals surface area contributed by atoms with Gasteiger partial charge in [0.25, 0.3) is 5.91 Å². The second-order valence-electron chi connectivity index (χ2n) is 9.44. The normalized spacial score (nSPS) is 40.9. The third-order valence-electron chi connectivity index (χ3n) is 7.55. The molecule has 0 spiro atoms. The fraction of sp³-hybridized carbons (Fsp3) is 0.667. The first-order valence-corrected chi connectivity index (χ1v) is 11.0. The van der Waals surface area contributed by atoms with E-state index in [4.69, 9.17) is 0 Å². The van der Waals surface area contributed by atoms with Crippen LogP contribution in [0, 0.1) is 29.1 Å². The van der Waals surface area contributed by atoms with Crippen LogP contribution >= 0.6 is 0 Å². The van der Waals surface area contributed by atoms with Crippen LogP contribution in [0.4, 0.5) is 0 Å². The molecule has 0 aromatic rings. The summed E-state index contributed by atoms with van der Waals surface area (Å²) in [6, 6.07) is -0.981. The Morgan fingerprint density at radius 2 is 1.93 bits per heavy atom. The largest absolute Gasteiger partial charge is 0.511 e. The van der Waals surface area contributed by atoms with Gasteiger partial charge < -0.3 is 15.5 Å². The Balaban J connectivity index is 2.08. The number of ketones is 1. The van der Waals surface area contributed by atoms with Gasteiger partial charge in [-0.15, -0.1) is 0 Å². The lowest BCUT2D eigenvalue weighted by Gasteiger charge is -2.53. The van der Waals surface area contributed by atoms with Crippen molar-refractivity contribution < 1.29 is 19.8 Å². The lowest BCUT2D eigenvalue weighted by atomic mass is 9.51. The smallest absolute Gasteiger partial charge is 0.259 e. The van der Waals surface area contributed by atoms with Crippen molar-refractivity contribution in [1.82, 2.24) is 5.32 Å². The molecule has 3 fully saturated rings. The summed E-state index contributed by atoms with van der Waals surface area (Å²) in [7, 11) is 0. The van der Waals surface area contributed by atoms with Crippen LogP contribution in [-0.4, -0.2) is 34.0 Å². The summed E-state index contributed by atoms with van der Waals surface area (Å²) in [6.07, 6.45) is 12.3. The van der Waals surface area contributed by atoms with Gasteiger partial charge in [0.05, 0.1) is 6.10 Å². The molecule has 5 heteroatoms. The fourth-order valence-corrected chi connectivity index (χ4v) is 5.91. The number of carbonyl (C=O) groups is 2. The van der Waals surface area contributed by atoms with Gasteiger partial charge in [-0.05, 0) is 63.2 Å². The minimum absolute atomic E-state index is 0.0482. The van der Waals surface area contributed by atoms with Gasteiger partial charge in [0.15, 0.2) is 5.78 Å². The van der Waals surface area contributed by atoms with Crippen LogP contribution in [0.15, 0.2) is 35.6 Å². The summed E-state index contributed by atoms with van der Waals surface area (Å²) in [6.45, 7) is 7.75. The summed E-state index contributed by atoms with van der Waals surface area (Å²) < 4.78 is 0. The molecule has 1 amide bonds. The molecule has 3 N–H and O–H groups in total. The number of rotatable bonds is 4. The number of aliphatic hydroxyl groups is 2. The second-order valence-corrected chi connectivity index (χ2v) is 9.44. The van der Waals surface area contributed by atoms with Crippen LogP contribution < -0.4 is 5.32 Å². The summed E-state index contributed by atoms with van der Waals surface area (Å²) in [5, 5.41) is 23.9. The van der Waals surface area contributed by atoms with Crippen LogP contribution in [0.2, 0.25) is 0 Å². The highest BCUT2D eigenvalue weighted by Crippen LogP contribution is 2.58. The average molecular weight is 402 g/mol. The molecule has 2 saturated carbocycles. The molecule has 3 rings (SSSR count). The molecule has 1 unspecified atom stereocenters. The van der Waals surface area contributed by atoms with Gasteiger partial charge >= 0.3 is 0 Å². The second kappa shape index (κ2) is 8.47. The molecule has 2 aliphatic carbocycles. The van der Waals surface area contributed by atoms with Gasteiger partial charge in [-0.25, -0.2) is 0 Å². The third-order valence-corrected chi connectivity index (χ3v) is 7.55. The number of amides is 1. The van der Waals surface area contributed by atoms with E-state index in [1.54, 1.807) is 0 Å². The number of Topliss-reactive ketones (excluding diaryl/α,β-unsaturated/α-hetero) is 1. The monoisotopic (exact) mass is 401 g/mol. The highest BCUT2D eigenvalue weighted by Gasteiger charge is 2.54. The van der Waals surface area contributed by atoms with E-state index < -0.39 is 29.3 Å². The molecular formula is C24H35NO4. The Kier molecular flexibility index (Phi) is 6.37. The molecule has 160 valence electrons. The molecule has 29 heavy (non-hydrogen) atoms. The number of hydrogen-bond donors (Lipinski definition) is 3. The summed E-state index contributed by atoms with van der Waals surface area (Å²) in [5.74, 6) is 0.292. The van der Waals surface area contributed by atoms with Crippen molar-refractivity contribution in [2.24, 2.45) is 29.1 Å². The maximum atomic E-state index is 12.9. The van der Waals surface area contributed by atoms with Crippen molar-refractivity contribution in [2.75, 3.05) is 0 Å². The SMILES string of the molecule is C/C=C/C=C/[C@@H]1CC[C@@H]2C[C@H](C)CC[C@H]2[C@]1(C)C(O)=C1C(=O)N[C@@H](C(C)O)C1=O. The highest BCUT2D eigenvalue weighted by molar-refractivity contribution is 6.27. The maximum absolute atomic E-state index is 12.9. The van der Waals surface area contributed by atoms with Gasteiger partial charge in [-0.1, -0.05) is 44.6 Å². The topological polar surface area (TPSA) is 86.6 Å². The first kappa shape index (κ1) is 21.8. The minimum Gasteiger partial charge on any atom is -0.511 e. The number of aliphatic hydroxyl groups excluding tert-OH is 2. The lowest BCUT2D eigenvalue weighted by molar-refractivity contribution is -0.118.